The van der Waals surface area contributed by atoms with Gasteiger partial charge in [-0.3, -0.25) is 14.3 Å². The Morgan fingerprint density at radius 3 is 2.93 bits per heavy atom. The van der Waals surface area contributed by atoms with E-state index >= 15 is 0 Å². The lowest BCUT2D eigenvalue weighted by atomic mass is 10.2. The first kappa shape index (κ1) is 9.71. The Morgan fingerprint density at radius 1 is 1.47 bits per heavy atom. The molecule has 1 aromatic heterocycles. The highest BCUT2D eigenvalue weighted by Gasteiger charge is 2.04. The summed E-state index contributed by atoms with van der Waals surface area (Å²) in [6.07, 6.45) is 8.48. The molecule has 4 heteroatoms. The van der Waals surface area contributed by atoms with Gasteiger partial charge in [0.2, 0.25) is 0 Å². The Hall–Kier alpha value is -1.84. The van der Waals surface area contributed by atoms with Crippen LogP contribution in [-0.4, -0.2) is 9.55 Å². The maximum Gasteiger partial charge on any atom is 0.328 e. The molecule has 1 N–H and O–H groups in total. The SMILES string of the molecule is Cc1cn(CC2=CC=CC2)c(=O)[nH]c1=O. The van der Waals surface area contributed by atoms with Crippen LogP contribution in [0.3, 0.4) is 0 Å². The third kappa shape index (κ3) is 1.98. The summed E-state index contributed by atoms with van der Waals surface area (Å²) in [6, 6.07) is 0. The third-order valence-electron chi connectivity index (χ3n) is 2.41. The van der Waals surface area contributed by atoms with Crippen molar-refractivity contribution in [2.24, 2.45) is 0 Å². The monoisotopic (exact) mass is 204 g/mol. The summed E-state index contributed by atoms with van der Waals surface area (Å²) in [5, 5.41) is 0. The van der Waals surface area contributed by atoms with Crippen LogP contribution >= 0.6 is 0 Å². The lowest BCUT2D eigenvalue weighted by Gasteiger charge is -2.06. The lowest BCUT2D eigenvalue weighted by molar-refractivity contribution is 0.697. The van der Waals surface area contributed by atoms with Crippen LogP contribution < -0.4 is 11.2 Å². The highest BCUT2D eigenvalue weighted by molar-refractivity contribution is 5.23. The molecular formula is C11H12N2O2. The van der Waals surface area contributed by atoms with Gasteiger partial charge in [-0.2, -0.15) is 0 Å². The van der Waals surface area contributed by atoms with E-state index in [1.165, 1.54) is 10.1 Å². The number of H-pyrrole nitrogens is 1. The minimum Gasteiger partial charge on any atom is -0.296 e. The van der Waals surface area contributed by atoms with Gasteiger partial charge in [-0.25, -0.2) is 4.79 Å². The Bertz CT molecular complexity index is 546. The lowest BCUT2D eigenvalue weighted by Crippen LogP contribution is -2.31. The van der Waals surface area contributed by atoms with Gasteiger partial charge in [0.05, 0.1) is 0 Å². The van der Waals surface area contributed by atoms with E-state index in [2.05, 4.69) is 4.98 Å². The summed E-state index contributed by atoms with van der Waals surface area (Å²) in [4.78, 5) is 24.9. The van der Waals surface area contributed by atoms with E-state index in [9.17, 15) is 9.59 Å². The summed E-state index contributed by atoms with van der Waals surface area (Å²) < 4.78 is 1.52. The Labute approximate surface area is 86.6 Å². The number of aromatic amines is 1. The molecule has 0 saturated heterocycles. The third-order valence-corrected chi connectivity index (χ3v) is 2.41. The van der Waals surface area contributed by atoms with Gasteiger partial charge in [0.1, 0.15) is 0 Å². The van der Waals surface area contributed by atoms with Gasteiger partial charge in [0, 0.05) is 18.3 Å². The average Bonchev–Trinajstić information content (AvgIpc) is 2.67. The molecule has 0 bridgehead atoms. The number of aromatic nitrogens is 2. The molecule has 2 rings (SSSR count). The molecule has 0 amide bonds. The van der Waals surface area contributed by atoms with E-state index in [0.29, 0.717) is 12.1 Å². The molecule has 78 valence electrons. The van der Waals surface area contributed by atoms with Crippen LogP contribution in [0.25, 0.3) is 0 Å². The van der Waals surface area contributed by atoms with Crippen molar-refractivity contribution in [2.75, 3.05) is 0 Å². The second-order valence-corrected chi connectivity index (χ2v) is 3.66. The summed E-state index contributed by atoms with van der Waals surface area (Å²) >= 11 is 0. The van der Waals surface area contributed by atoms with Crippen molar-refractivity contribution in [3.8, 4) is 0 Å². The second-order valence-electron chi connectivity index (χ2n) is 3.66. The summed E-state index contributed by atoms with van der Waals surface area (Å²) in [5.74, 6) is 0. The molecule has 1 aliphatic carbocycles. The number of hydrogen-bond acceptors (Lipinski definition) is 2. The highest BCUT2D eigenvalue weighted by Crippen LogP contribution is 2.11. The zero-order valence-electron chi connectivity index (χ0n) is 8.49. The zero-order valence-corrected chi connectivity index (χ0v) is 8.49. The maximum absolute atomic E-state index is 11.4. The molecule has 15 heavy (non-hydrogen) atoms. The highest BCUT2D eigenvalue weighted by atomic mass is 16.2. The molecule has 0 atom stereocenters. The molecule has 4 nitrogen and oxygen atoms in total. The molecular weight excluding hydrogens is 192 g/mol. The summed E-state index contributed by atoms with van der Waals surface area (Å²) in [7, 11) is 0. The van der Waals surface area contributed by atoms with Crippen LogP contribution in [0.15, 0.2) is 39.6 Å². The molecule has 0 unspecified atom stereocenters. The van der Waals surface area contributed by atoms with Crippen LogP contribution in [0.2, 0.25) is 0 Å². The molecule has 1 heterocycles. The summed E-state index contributed by atoms with van der Waals surface area (Å²) in [5.41, 5.74) is 1.07. The average molecular weight is 204 g/mol. The molecule has 0 saturated carbocycles. The Morgan fingerprint density at radius 2 is 2.27 bits per heavy atom. The van der Waals surface area contributed by atoms with Gasteiger partial charge < -0.3 is 0 Å². The fraction of sp³-hybridized carbons (Fsp3) is 0.273. The smallest absolute Gasteiger partial charge is 0.296 e. The topological polar surface area (TPSA) is 54.9 Å². The maximum atomic E-state index is 11.4. The fourth-order valence-electron chi connectivity index (χ4n) is 1.56. The van der Waals surface area contributed by atoms with Crippen molar-refractivity contribution in [2.45, 2.75) is 19.9 Å². The Kier molecular flexibility index (Phi) is 2.41. The standard InChI is InChI=1S/C11H12N2O2/c1-8-6-13(11(15)12-10(8)14)7-9-4-2-3-5-9/h2-4,6H,5,7H2,1H3,(H,12,14,15). The van der Waals surface area contributed by atoms with Crippen molar-refractivity contribution in [3.63, 3.8) is 0 Å². The molecule has 0 aromatic carbocycles. The van der Waals surface area contributed by atoms with Crippen LogP contribution in [0.4, 0.5) is 0 Å². The van der Waals surface area contributed by atoms with E-state index in [1.54, 1.807) is 13.1 Å². The van der Waals surface area contributed by atoms with Gasteiger partial charge in [-0.15, -0.1) is 0 Å². The number of allylic oxidation sites excluding steroid dienone is 4. The minimum atomic E-state index is -0.349. The van der Waals surface area contributed by atoms with Crippen molar-refractivity contribution in [1.82, 2.24) is 9.55 Å². The van der Waals surface area contributed by atoms with Gasteiger partial charge in [0.15, 0.2) is 0 Å². The molecule has 0 radical (unpaired) electrons. The first-order chi connectivity index (χ1) is 7.16. The van der Waals surface area contributed by atoms with E-state index in [-0.39, 0.29) is 11.2 Å². The molecule has 1 aromatic rings. The van der Waals surface area contributed by atoms with Crippen molar-refractivity contribution < 1.29 is 0 Å². The van der Waals surface area contributed by atoms with Crippen LogP contribution in [0.1, 0.15) is 12.0 Å². The van der Waals surface area contributed by atoms with Gasteiger partial charge in [0.25, 0.3) is 5.56 Å². The first-order valence-corrected chi connectivity index (χ1v) is 4.82. The number of hydrogen-bond donors (Lipinski definition) is 1. The largest absolute Gasteiger partial charge is 0.328 e. The van der Waals surface area contributed by atoms with E-state index in [1.807, 2.05) is 18.2 Å². The predicted molar refractivity (Wildman–Crippen MR) is 57.9 cm³/mol. The molecule has 0 spiro atoms. The van der Waals surface area contributed by atoms with Crippen molar-refractivity contribution in [3.05, 3.63) is 56.4 Å². The fourth-order valence-corrected chi connectivity index (χ4v) is 1.56. The van der Waals surface area contributed by atoms with E-state index < -0.39 is 0 Å². The van der Waals surface area contributed by atoms with Gasteiger partial charge >= 0.3 is 5.69 Å². The van der Waals surface area contributed by atoms with Crippen LogP contribution in [0.5, 0.6) is 0 Å². The molecule has 1 aliphatic rings. The zero-order chi connectivity index (χ0) is 10.8. The molecule has 0 fully saturated rings. The quantitative estimate of drug-likeness (QED) is 0.772. The number of nitrogens with zero attached hydrogens (tertiary/aromatic N) is 1. The summed E-state index contributed by atoms with van der Waals surface area (Å²) in [6.45, 7) is 2.24. The normalized spacial score (nSPS) is 14.3. The van der Waals surface area contributed by atoms with Gasteiger partial charge in [-0.05, 0) is 18.9 Å². The van der Waals surface area contributed by atoms with E-state index in [4.69, 9.17) is 0 Å². The number of aryl methyl sites for hydroxylation is 1. The Balaban J connectivity index is 2.33. The van der Waals surface area contributed by atoms with Crippen LogP contribution in [-0.2, 0) is 6.54 Å². The number of nitrogens with one attached hydrogen (secondary N) is 1. The van der Waals surface area contributed by atoms with Gasteiger partial charge in [-0.1, -0.05) is 18.2 Å². The van der Waals surface area contributed by atoms with E-state index in [0.717, 1.165) is 6.42 Å². The number of rotatable bonds is 2. The van der Waals surface area contributed by atoms with Crippen molar-refractivity contribution in [1.29, 1.82) is 0 Å². The molecule has 0 aliphatic heterocycles. The predicted octanol–water partition coefficient (Wildman–Crippen LogP) is 0.731. The van der Waals surface area contributed by atoms with Crippen LogP contribution in [0, 0.1) is 6.92 Å². The minimum absolute atomic E-state index is 0.310. The van der Waals surface area contributed by atoms with Crippen molar-refractivity contribution >= 4 is 0 Å². The second kappa shape index (κ2) is 3.73. The first-order valence-electron chi connectivity index (χ1n) is 4.82.